The van der Waals surface area contributed by atoms with Crippen LogP contribution in [0.3, 0.4) is 0 Å². The van der Waals surface area contributed by atoms with Crippen LogP contribution < -0.4 is 9.47 Å². The van der Waals surface area contributed by atoms with Gasteiger partial charge in [-0.25, -0.2) is 0 Å². The van der Waals surface area contributed by atoms with Gasteiger partial charge >= 0.3 is 0 Å². The monoisotopic (exact) mass is 391 g/mol. The van der Waals surface area contributed by atoms with Crippen LogP contribution in [0, 0.1) is 5.92 Å². The molecule has 6 nitrogen and oxygen atoms in total. The molecule has 1 aromatic heterocycles. The summed E-state index contributed by atoms with van der Waals surface area (Å²) >= 11 is 0. The first-order chi connectivity index (χ1) is 14.0. The summed E-state index contributed by atoms with van der Waals surface area (Å²) in [7, 11) is 3.29. The second-order valence-electron chi connectivity index (χ2n) is 7.62. The zero-order chi connectivity index (χ0) is 20.5. The summed E-state index contributed by atoms with van der Waals surface area (Å²) in [6.45, 7) is 4.90. The molecular weight excluding hydrogens is 366 g/mol. The van der Waals surface area contributed by atoms with Gasteiger partial charge in [-0.05, 0) is 47.9 Å². The van der Waals surface area contributed by atoms with E-state index in [9.17, 15) is 4.79 Å². The zero-order valence-electron chi connectivity index (χ0n) is 17.1. The van der Waals surface area contributed by atoms with Gasteiger partial charge in [0.15, 0.2) is 0 Å². The Morgan fingerprint density at radius 2 is 1.59 bits per heavy atom. The first kappa shape index (κ1) is 19.1. The van der Waals surface area contributed by atoms with Crippen LogP contribution in [0.5, 0.6) is 11.5 Å². The Morgan fingerprint density at radius 3 is 2.14 bits per heavy atom. The maximum absolute atomic E-state index is 13.2. The minimum atomic E-state index is -0.193. The van der Waals surface area contributed by atoms with Crippen molar-refractivity contribution in [2.45, 2.75) is 19.9 Å². The topological polar surface area (TPSA) is 67.5 Å². The molecule has 1 aliphatic heterocycles. The van der Waals surface area contributed by atoms with Gasteiger partial charge in [0.25, 0.3) is 5.91 Å². The molecule has 4 rings (SSSR count). The Morgan fingerprint density at radius 1 is 1.00 bits per heavy atom. The number of rotatable bonds is 6. The van der Waals surface area contributed by atoms with Crippen LogP contribution in [-0.2, 0) is 0 Å². The van der Waals surface area contributed by atoms with E-state index in [1.165, 1.54) is 0 Å². The fourth-order valence-electron chi connectivity index (χ4n) is 3.88. The Labute approximate surface area is 170 Å². The van der Waals surface area contributed by atoms with E-state index in [1.54, 1.807) is 14.2 Å². The first-order valence-corrected chi connectivity index (χ1v) is 9.71. The van der Waals surface area contributed by atoms with Crippen molar-refractivity contribution in [2.75, 3.05) is 20.8 Å². The van der Waals surface area contributed by atoms with Gasteiger partial charge in [-0.1, -0.05) is 26.0 Å². The highest BCUT2D eigenvalue weighted by atomic mass is 16.5. The van der Waals surface area contributed by atoms with Crippen LogP contribution in [0.15, 0.2) is 48.5 Å². The highest BCUT2D eigenvalue weighted by Crippen LogP contribution is 2.43. The number of nitrogens with zero attached hydrogens (tertiary/aromatic N) is 2. The highest BCUT2D eigenvalue weighted by molar-refractivity contribution is 6.00. The van der Waals surface area contributed by atoms with Crippen LogP contribution in [0.1, 0.15) is 41.5 Å². The third kappa shape index (κ3) is 3.35. The predicted octanol–water partition coefficient (Wildman–Crippen LogP) is 4.30. The molecule has 0 aliphatic carbocycles. The summed E-state index contributed by atoms with van der Waals surface area (Å²) in [5, 5.41) is 7.49. The number of ether oxygens (including phenoxy) is 2. The van der Waals surface area contributed by atoms with Gasteiger partial charge in [0.05, 0.1) is 26.0 Å². The molecular formula is C23H25N3O3. The summed E-state index contributed by atoms with van der Waals surface area (Å²) in [6.07, 6.45) is 0. The number of amides is 1. The molecule has 0 saturated carbocycles. The Balaban J connectivity index is 1.83. The van der Waals surface area contributed by atoms with Gasteiger partial charge < -0.3 is 14.4 Å². The number of H-pyrrole nitrogens is 1. The van der Waals surface area contributed by atoms with Crippen LogP contribution in [0.2, 0.25) is 0 Å². The molecule has 1 amide bonds. The molecule has 1 atom stereocenters. The number of hydrogen-bond acceptors (Lipinski definition) is 4. The van der Waals surface area contributed by atoms with Crippen LogP contribution >= 0.6 is 0 Å². The van der Waals surface area contributed by atoms with Crippen molar-refractivity contribution < 1.29 is 14.3 Å². The van der Waals surface area contributed by atoms with Gasteiger partial charge in [0.2, 0.25) is 0 Å². The van der Waals surface area contributed by atoms with E-state index in [0.29, 0.717) is 18.2 Å². The molecule has 2 aromatic carbocycles. The normalized spacial score (nSPS) is 15.7. The lowest BCUT2D eigenvalue weighted by molar-refractivity contribution is 0.0722. The third-order valence-electron chi connectivity index (χ3n) is 5.22. The predicted molar refractivity (Wildman–Crippen MR) is 111 cm³/mol. The number of fused-ring (bicyclic) bond motifs is 1. The molecule has 1 aliphatic rings. The van der Waals surface area contributed by atoms with E-state index in [2.05, 4.69) is 24.0 Å². The lowest BCUT2D eigenvalue weighted by atomic mass is 9.95. The van der Waals surface area contributed by atoms with Crippen molar-refractivity contribution in [1.29, 1.82) is 0 Å². The van der Waals surface area contributed by atoms with Crippen molar-refractivity contribution in [3.63, 3.8) is 0 Å². The zero-order valence-corrected chi connectivity index (χ0v) is 17.1. The first-order valence-electron chi connectivity index (χ1n) is 9.71. The van der Waals surface area contributed by atoms with Crippen molar-refractivity contribution in [1.82, 2.24) is 15.1 Å². The van der Waals surface area contributed by atoms with Crippen LogP contribution in [0.4, 0.5) is 0 Å². The van der Waals surface area contributed by atoms with Gasteiger partial charge in [0.1, 0.15) is 17.2 Å². The smallest absolute Gasteiger partial charge is 0.273 e. The van der Waals surface area contributed by atoms with Crippen LogP contribution in [-0.4, -0.2) is 41.8 Å². The number of aromatic amines is 1. The number of carbonyl (C=O) groups excluding carboxylic acids is 1. The summed E-state index contributed by atoms with van der Waals surface area (Å²) in [6, 6.07) is 15.4. The lowest BCUT2D eigenvalue weighted by Gasteiger charge is -2.28. The van der Waals surface area contributed by atoms with E-state index in [4.69, 9.17) is 9.47 Å². The van der Waals surface area contributed by atoms with Gasteiger partial charge in [-0.2, -0.15) is 5.10 Å². The molecule has 150 valence electrons. The fourth-order valence-corrected chi connectivity index (χ4v) is 3.88. The summed E-state index contributed by atoms with van der Waals surface area (Å²) < 4.78 is 10.6. The molecule has 1 unspecified atom stereocenters. The summed E-state index contributed by atoms with van der Waals surface area (Å²) in [4.78, 5) is 15.1. The van der Waals surface area contributed by atoms with E-state index in [-0.39, 0.29) is 11.9 Å². The van der Waals surface area contributed by atoms with Gasteiger partial charge in [-0.3, -0.25) is 9.89 Å². The summed E-state index contributed by atoms with van der Waals surface area (Å²) in [5.41, 5.74) is 4.27. The molecule has 0 fully saturated rings. The molecule has 29 heavy (non-hydrogen) atoms. The largest absolute Gasteiger partial charge is 0.497 e. The number of benzene rings is 2. The molecule has 0 saturated heterocycles. The van der Waals surface area contributed by atoms with Crippen molar-refractivity contribution in [3.05, 3.63) is 65.4 Å². The second kappa shape index (κ2) is 7.62. The SMILES string of the molecule is COc1ccc(-c2n[nH]c3c2C(c2ccc(OC)cc2)N(CC(C)C)C3=O)cc1. The number of methoxy groups -OCH3 is 2. The molecule has 3 aromatic rings. The number of carbonyl (C=O) groups is 1. The maximum atomic E-state index is 13.2. The van der Waals surface area contributed by atoms with E-state index in [1.807, 2.05) is 53.4 Å². The number of hydrogen-bond donors (Lipinski definition) is 1. The molecule has 1 N–H and O–H groups in total. The number of aromatic nitrogens is 2. The van der Waals surface area contributed by atoms with Crippen molar-refractivity contribution >= 4 is 5.91 Å². The highest BCUT2D eigenvalue weighted by Gasteiger charge is 2.42. The molecule has 0 spiro atoms. The standard InChI is InChI=1S/C23H25N3O3/c1-14(2)13-26-22(16-7-11-18(29-4)12-8-16)19-20(24-25-21(19)23(26)27)15-5-9-17(28-3)10-6-15/h5-12,14,22H,13H2,1-4H3,(H,24,25). The molecule has 0 radical (unpaired) electrons. The quantitative estimate of drug-likeness (QED) is 0.680. The maximum Gasteiger partial charge on any atom is 0.273 e. The second-order valence-corrected chi connectivity index (χ2v) is 7.62. The molecule has 6 heteroatoms. The van der Waals surface area contributed by atoms with Crippen LogP contribution in [0.25, 0.3) is 11.3 Å². The minimum Gasteiger partial charge on any atom is -0.497 e. The lowest BCUT2D eigenvalue weighted by Crippen LogP contribution is -2.32. The molecule has 0 bridgehead atoms. The Hall–Kier alpha value is -3.28. The Bertz CT molecular complexity index is 1010. The van der Waals surface area contributed by atoms with E-state index >= 15 is 0 Å². The van der Waals surface area contributed by atoms with E-state index < -0.39 is 0 Å². The average molecular weight is 391 g/mol. The third-order valence-corrected chi connectivity index (χ3v) is 5.22. The Kier molecular flexibility index (Phi) is 5.01. The fraction of sp³-hybridized carbons (Fsp3) is 0.304. The van der Waals surface area contributed by atoms with E-state index in [0.717, 1.165) is 33.9 Å². The van der Waals surface area contributed by atoms with Crippen molar-refractivity contribution in [3.8, 4) is 22.8 Å². The van der Waals surface area contributed by atoms with Crippen molar-refractivity contribution in [2.24, 2.45) is 5.92 Å². The number of nitrogens with one attached hydrogen (secondary N) is 1. The van der Waals surface area contributed by atoms with Gasteiger partial charge in [-0.15, -0.1) is 0 Å². The molecule has 2 heterocycles. The minimum absolute atomic E-state index is 0.0122. The summed E-state index contributed by atoms with van der Waals surface area (Å²) in [5.74, 6) is 1.91. The average Bonchev–Trinajstić information content (AvgIpc) is 3.27. The van der Waals surface area contributed by atoms with Gasteiger partial charge in [0, 0.05) is 17.7 Å².